The lowest BCUT2D eigenvalue weighted by Gasteiger charge is -2.15. The lowest BCUT2D eigenvalue weighted by atomic mass is 10.1. The van der Waals surface area contributed by atoms with Crippen molar-refractivity contribution in [2.24, 2.45) is 4.99 Å². The van der Waals surface area contributed by atoms with Gasteiger partial charge in [-0.3, -0.25) is 4.99 Å². The predicted octanol–water partition coefficient (Wildman–Crippen LogP) is 2.88. The summed E-state index contributed by atoms with van der Waals surface area (Å²) in [4.78, 5) is 8.38. The highest BCUT2D eigenvalue weighted by atomic mass is 19.3. The zero-order valence-electron chi connectivity index (χ0n) is 16.7. The van der Waals surface area contributed by atoms with Crippen LogP contribution in [-0.4, -0.2) is 44.9 Å². The molecular weight excluding hydrogens is 382 g/mol. The van der Waals surface area contributed by atoms with Crippen molar-refractivity contribution >= 4 is 5.96 Å². The van der Waals surface area contributed by atoms with Crippen LogP contribution < -0.4 is 20.1 Å². The summed E-state index contributed by atoms with van der Waals surface area (Å²) in [7, 11) is 3.24. The second-order valence-corrected chi connectivity index (χ2v) is 6.11. The number of hydrogen-bond acceptors (Lipinski definition) is 5. The van der Waals surface area contributed by atoms with Crippen LogP contribution in [-0.2, 0) is 17.8 Å². The van der Waals surface area contributed by atoms with E-state index in [0.717, 1.165) is 11.1 Å². The topological polar surface area (TPSA) is 77.0 Å². The van der Waals surface area contributed by atoms with Crippen molar-refractivity contribution in [1.29, 1.82) is 0 Å². The number of hydrogen-bond donors (Lipinski definition) is 2. The summed E-state index contributed by atoms with van der Waals surface area (Å²) in [6, 6.07) is 8.74. The molecule has 1 aromatic heterocycles. The van der Waals surface area contributed by atoms with E-state index in [1.165, 1.54) is 6.07 Å². The average molecular weight is 408 g/mol. The fraction of sp³-hybridized carbons (Fsp3) is 0.400. The van der Waals surface area contributed by atoms with Gasteiger partial charge in [0.25, 0.3) is 0 Å². The van der Waals surface area contributed by atoms with E-state index in [1.807, 2.05) is 13.0 Å². The van der Waals surface area contributed by atoms with Gasteiger partial charge in [-0.25, -0.2) is 4.98 Å². The molecule has 0 saturated carbocycles. The average Bonchev–Trinajstić information content (AvgIpc) is 2.71. The molecule has 0 amide bonds. The van der Waals surface area contributed by atoms with Crippen LogP contribution in [0.1, 0.15) is 16.7 Å². The van der Waals surface area contributed by atoms with E-state index in [9.17, 15) is 8.78 Å². The monoisotopic (exact) mass is 408 g/mol. The molecule has 0 unspecified atom stereocenters. The number of rotatable bonds is 10. The van der Waals surface area contributed by atoms with Gasteiger partial charge in [0.1, 0.15) is 12.4 Å². The van der Waals surface area contributed by atoms with E-state index >= 15 is 0 Å². The maximum atomic E-state index is 12.6. The molecule has 0 radical (unpaired) electrons. The third-order valence-corrected chi connectivity index (χ3v) is 3.90. The van der Waals surface area contributed by atoms with Gasteiger partial charge in [-0.05, 0) is 18.6 Å². The Morgan fingerprint density at radius 1 is 1.14 bits per heavy atom. The first-order chi connectivity index (χ1) is 14.0. The fourth-order valence-corrected chi connectivity index (χ4v) is 2.47. The molecule has 0 aliphatic carbocycles. The molecule has 0 atom stereocenters. The van der Waals surface area contributed by atoms with E-state index in [0.29, 0.717) is 37.2 Å². The van der Waals surface area contributed by atoms with E-state index in [-0.39, 0.29) is 12.3 Å². The fourth-order valence-electron chi connectivity index (χ4n) is 2.47. The largest absolute Gasteiger partial charge is 0.475 e. The Hall–Kier alpha value is -2.94. The first-order valence-electron chi connectivity index (χ1n) is 9.07. The van der Waals surface area contributed by atoms with Crippen molar-refractivity contribution < 1.29 is 23.0 Å². The number of benzene rings is 1. The molecule has 2 N–H and O–H groups in total. The first kappa shape index (κ1) is 22.4. The lowest BCUT2D eigenvalue weighted by molar-refractivity contribution is -0.0504. The second-order valence-electron chi connectivity index (χ2n) is 6.11. The molecule has 0 aliphatic rings. The van der Waals surface area contributed by atoms with Crippen LogP contribution in [0.5, 0.6) is 11.6 Å². The van der Waals surface area contributed by atoms with Gasteiger partial charge < -0.3 is 24.8 Å². The predicted molar refractivity (Wildman–Crippen MR) is 106 cm³/mol. The SMILES string of the molecule is CN=C(NCc1ccc(OCCOC)nc1)NCc1cc(C)ccc1OC(F)F. The van der Waals surface area contributed by atoms with Gasteiger partial charge in [0.2, 0.25) is 5.88 Å². The summed E-state index contributed by atoms with van der Waals surface area (Å²) in [5.74, 6) is 1.19. The highest BCUT2D eigenvalue weighted by Crippen LogP contribution is 2.22. The Balaban J connectivity index is 1.88. The van der Waals surface area contributed by atoms with Gasteiger partial charge in [0.05, 0.1) is 6.61 Å². The number of methoxy groups -OCH3 is 1. The van der Waals surface area contributed by atoms with Gasteiger partial charge in [-0.1, -0.05) is 23.8 Å². The number of ether oxygens (including phenoxy) is 3. The van der Waals surface area contributed by atoms with Gasteiger partial charge in [-0.15, -0.1) is 0 Å². The number of nitrogens with one attached hydrogen (secondary N) is 2. The van der Waals surface area contributed by atoms with Crippen LogP contribution in [0.4, 0.5) is 8.78 Å². The van der Waals surface area contributed by atoms with Gasteiger partial charge in [0, 0.05) is 45.1 Å². The number of pyridine rings is 1. The number of aromatic nitrogens is 1. The standard InChI is InChI=1S/C20H26F2N4O3/c1-14-4-6-17(29-19(21)22)16(10-14)13-26-20(23-2)25-12-15-5-7-18(24-11-15)28-9-8-27-3/h4-7,10-11,19H,8-9,12-13H2,1-3H3,(H2,23,25,26). The Kier molecular flexibility index (Phi) is 9.10. The smallest absolute Gasteiger partial charge is 0.387 e. The molecule has 29 heavy (non-hydrogen) atoms. The van der Waals surface area contributed by atoms with Gasteiger partial charge >= 0.3 is 6.61 Å². The third kappa shape index (κ3) is 7.90. The Morgan fingerprint density at radius 2 is 1.93 bits per heavy atom. The normalized spacial score (nSPS) is 11.4. The van der Waals surface area contributed by atoms with Gasteiger partial charge in [-0.2, -0.15) is 8.78 Å². The molecule has 2 aromatic rings. The summed E-state index contributed by atoms with van der Waals surface area (Å²) in [6.07, 6.45) is 1.71. The molecule has 9 heteroatoms. The minimum atomic E-state index is -2.87. The summed E-state index contributed by atoms with van der Waals surface area (Å²) >= 11 is 0. The number of aliphatic imine (C=N–C) groups is 1. The zero-order chi connectivity index (χ0) is 21.1. The van der Waals surface area contributed by atoms with E-state index in [1.54, 1.807) is 38.6 Å². The second kappa shape index (κ2) is 11.8. The lowest BCUT2D eigenvalue weighted by Crippen LogP contribution is -2.36. The molecule has 2 rings (SSSR count). The number of nitrogens with zero attached hydrogens (tertiary/aromatic N) is 2. The number of guanidine groups is 1. The van der Waals surface area contributed by atoms with E-state index in [2.05, 4.69) is 25.3 Å². The molecule has 0 spiro atoms. The third-order valence-electron chi connectivity index (χ3n) is 3.90. The highest BCUT2D eigenvalue weighted by molar-refractivity contribution is 5.79. The van der Waals surface area contributed by atoms with Crippen LogP contribution in [0.25, 0.3) is 0 Å². The molecule has 0 fully saturated rings. The quantitative estimate of drug-likeness (QED) is 0.358. The minimum absolute atomic E-state index is 0.141. The number of aryl methyl sites for hydroxylation is 1. The molecule has 1 heterocycles. The van der Waals surface area contributed by atoms with Gasteiger partial charge in [0.15, 0.2) is 5.96 Å². The first-order valence-corrected chi connectivity index (χ1v) is 9.07. The summed E-state index contributed by atoms with van der Waals surface area (Å²) < 4.78 is 40.1. The number of alkyl halides is 2. The molecule has 0 saturated heterocycles. The van der Waals surface area contributed by atoms with Crippen LogP contribution in [0, 0.1) is 6.92 Å². The summed E-state index contributed by atoms with van der Waals surface area (Å²) in [6.45, 7) is 0.722. The van der Waals surface area contributed by atoms with E-state index < -0.39 is 6.61 Å². The minimum Gasteiger partial charge on any atom is -0.475 e. The molecule has 158 valence electrons. The maximum Gasteiger partial charge on any atom is 0.387 e. The molecule has 0 aliphatic heterocycles. The van der Waals surface area contributed by atoms with Crippen LogP contribution in [0.2, 0.25) is 0 Å². The molecule has 1 aromatic carbocycles. The van der Waals surface area contributed by atoms with Crippen LogP contribution in [0.15, 0.2) is 41.5 Å². The van der Waals surface area contributed by atoms with Crippen molar-refractivity contribution in [2.45, 2.75) is 26.6 Å². The summed E-state index contributed by atoms with van der Waals surface area (Å²) in [5, 5.41) is 6.25. The Bertz CT molecular complexity index is 786. The van der Waals surface area contributed by atoms with Crippen LogP contribution >= 0.6 is 0 Å². The maximum absolute atomic E-state index is 12.6. The number of halogens is 2. The Morgan fingerprint density at radius 3 is 2.59 bits per heavy atom. The Labute approximate surface area is 169 Å². The van der Waals surface area contributed by atoms with Crippen molar-refractivity contribution in [3.63, 3.8) is 0 Å². The van der Waals surface area contributed by atoms with Crippen molar-refractivity contribution in [2.75, 3.05) is 27.4 Å². The van der Waals surface area contributed by atoms with E-state index in [4.69, 9.17) is 9.47 Å². The van der Waals surface area contributed by atoms with Crippen LogP contribution in [0.3, 0.4) is 0 Å². The zero-order valence-corrected chi connectivity index (χ0v) is 16.7. The van der Waals surface area contributed by atoms with Crippen molar-refractivity contribution in [3.05, 3.63) is 53.2 Å². The van der Waals surface area contributed by atoms with Crippen molar-refractivity contribution in [3.8, 4) is 11.6 Å². The summed E-state index contributed by atoms with van der Waals surface area (Å²) in [5.41, 5.74) is 2.50. The molecule has 0 bridgehead atoms. The molecular formula is C20H26F2N4O3. The van der Waals surface area contributed by atoms with Crippen molar-refractivity contribution in [1.82, 2.24) is 15.6 Å². The highest BCUT2D eigenvalue weighted by Gasteiger charge is 2.10. The molecule has 7 nitrogen and oxygen atoms in total.